The Balaban J connectivity index is 1.04. The van der Waals surface area contributed by atoms with Crippen LogP contribution in [0.5, 0.6) is 0 Å². The van der Waals surface area contributed by atoms with E-state index >= 15 is 0 Å². The molecule has 0 radical (unpaired) electrons. The number of hydrogen-bond donors (Lipinski definition) is 0. The summed E-state index contributed by atoms with van der Waals surface area (Å²) < 4.78 is 7.94. The highest BCUT2D eigenvalue weighted by Gasteiger charge is 2.18. The van der Waals surface area contributed by atoms with E-state index in [9.17, 15) is 4.79 Å². The van der Waals surface area contributed by atoms with Crippen molar-refractivity contribution in [3.63, 3.8) is 0 Å². The molecule has 11 rings (SSSR count). The first-order valence-electron chi connectivity index (χ1n) is 18.3. The van der Waals surface area contributed by atoms with E-state index < -0.39 is 0 Å². The minimum absolute atomic E-state index is 0.0150. The molecule has 0 saturated carbocycles. The third-order valence-electron chi connectivity index (χ3n) is 11.0. The van der Waals surface area contributed by atoms with Gasteiger partial charge in [-0.15, -0.1) is 0 Å². The summed E-state index contributed by atoms with van der Waals surface area (Å²) in [5.41, 5.74) is 10.5. The van der Waals surface area contributed by atoms with Crippen LogP contribution in [0, 0.1) is 0 Å². The van der Waals surface area contributed by atoms with Gasteiger partial charge in [-0.3, -0.25) is 9.36 Å². The molecular weight excluding hydrogens is 659 g/mol. The summed E-state index contributed by atoms with van der Waals surface area (Å²) in [6.45, 7) is 0. The van der Waals surface area contributed by atoms with Gasteiger partial charge in [0.25, 0.3) is 5.56 Å². The Hall–Kier alpha value is -7.23. The number of hydrogen-bond acceptors (Lipinski definition) is 2. The zero-order chi connectivity index (χ0) is 35.8. The maximum atomic E-state index is 14.0. The van der Waals surface area contributed by atoms with E-state index in [1.165, 1.54) is 38.2 Å². The number of rotatable bonds is 4. The average Bonchev–Trinajstić information content (AvgIpc) is 3.61. The molecule has 0 aliphatic heterocycles. The highest BCUT2D eigenvalue weighted by Crippen LogP contribution is 2.44. The number of nitrogens with zero attached hydrogens (tertiary/aromatic N) is 1. The first-order chi connectivity index (χ1) is 26.7. The van der Waals surface area contributed by atoms with Gasteiger partial charge in [0.1, 0.15) is 11.2 Å². The molecule has 0 saturated heterocycles. The normalized spacial score (nSPS) is 11.8. The van der Waals surface area contributed by atoms with E-state index in [2.05, 4.69) is 133 Å². The lowest BCUT2D eigenvalue weighted by molar-refractivity contribution is 0.669. The second-order valence-corrected chi connectivity index (χ2v) is 14.0. The van der Waals surface area contributed by atoms with Gasteiger partial charge >= 0.3 is 0 Å². The van der Waals surface area contributed by atoms with Gasteiger partial charge in [-0.2, -0.15) is 0 Å². The highest BCUT2D eigenvalue weighted by molar-refractivity contribution is 6.21. The third kappa shape index (κ3) is 4.59. The molecule has 0 fully saturated rings. The quantitative estimate of drug-likeness (QED) is 0.136. The summed E-state index contributed by atoms with van der Waals surface area (Å²) in [5, 5.41) is 9.79. The minimum atomic E-state index is -0.0150. The topological polar surface area (TPSA) is 35.1 Å². The van der Waals surface area contributed by atoms with E-state index in [-0.39, 0.29) is 5.56 Å². The molecule has 11 aromatic rings. The Morgan fingerprint density at radius 1 is 0.333 bits per heavy atom. The van der Waals surface area contributed by atoms with Crippen molar-refractivity contribution in [1.29, 1.82) is 0 Å². The van der Waals surface area contributed by atoms with Crippen LogP contribution in [0.3, 0.4) is 0 Å². The number of benzene rings is 9. The van der Waals surface area contributed by atoms with Crippen LogP contribution in [0.15, 0.2) is 197 Å². The highest BCUT2D eigenvalue weighted by atomic mass is 16.3. The molecule has 0 unspecified atom stereocenters. The number of fused-ring (bicyclic) bond motifs is 8. The van der Waals surface area contributed by atoms with Crippen LogP contribution >= 0.6 is 0 Å². The third-order valence-corrected chi connectivity index (χ3v) is 11.0. The Morgan fingerprint density at radius 3 is 1.41 bits per heavy atom. The fraction of sp³-hybridized carbons (Fsp3) is 0. The SMILES string of the molecule is O=c1c2ccccc2c2ccccc2n1-c1ccc(-c2c3ccccc3c(-c3ccc(-c4ccc5oc6ccccc6c5c4)cc3)c3ccccc23)cc1. The van der Waals surface area contributed by atoms with Crippen molar-refractivity contribution in [1.82, 2.24) is 4.57 Å². The van der Waals surface area contributed by atoms with Crippen LogP contribution in [-0.4, -0.2) is 4.57 Å². The summed E-state index contributed by atoms with van der Waals surface area (Å²) >= 11 is 0. The first-order valence-corrected chi connectivity index (χ1v) is 18.3. The predicted molar refractivity (Wildman–Crippen MR) is 226 cm³/mol. The van der Waals surface area contributed by atoms with Crippen LogP contribution in [0.4, 0.5) is 0 Å². The van der Waals surface area contributed by atoms with Gasteiger partial charge in [0, 0.05) is 27.2 Å². The molecule has 0 aliphatic carbocycles. The summed E-state index contributed by atoms with van der Waals surface area (Å²) in [5.74, 6) is 0. The molecule has 54 heavy (non-hydrogen) atoms. The summed E-state index contributed by atoms with van der Waals surface area (Å²) in [7, 11) is 0. The first kappa shape index (κ1) is 30.4. The van der Waals surface area contributed by atoms with E-state index in [1.54, 1.807) is 0 Å². The molecule has 0 bridgehead atoms. The lowest BCUT2D eigenvalue weighted by Crippen LogP contribution is -2.19. The Labute approximate surface area is 310 Å². The number of para-hydroxylation sites is 2. The van der Waals surface area contributed by atoms with E-state index in [0.717, 1.165) is 60.6 Å². The van der Waals surface area contributed by atoms with Crippen molar-refractivity contribution in [3.8, 4) is 39.1 Å². The average molecular weight is 690 g/mol. The number of furan rings is 1. The largest absolute Gasteiger partial charge is 0.456 e. The van der Waals surface area contributed by atoms with Crippen LogP contribution in [0.25, 0.3) is 104 Å². The second kappa shape index (κ2) is 11.9. The van der Waals surface area contributed by atoms with Gasteiger partial charge < -0.3 is 4.42 Å². The molecule has 3 heteroatoms. The van der Waals surface area contributed by atoms with Crippen molar-refractivity contribution in [2.75, 3.05) is 0 Å². The maximum Gasteiger partial charge on any atom is 0.263 e. The van der Waals surface area contributed by atoms with E-state index in [4.69, 9.17) is 4.42 Å². The molecular formula is C51H31NO2. The van der Waals surface area contributed by atoms with Crippen molar-refractivity contribution in [3.05, 3.63) is 198 Å². The van der Waals surface area contributed by atoms with Crippen molar-refractivity contribution in [2.45, 2.75) is 0 Å². The zero-order valence-electron chi connectivity index (χ0n) is 29.2. The Kier molecular flexibility index (Phi) is 6.70. The lowest BCUT2D eigenvalue weighted by Gasteiger charge is -2.18. The van der Waals surface area contributed by atoms with Gasteiger partial charge in [-0.05, 0) is 103 Å². The van der Waals surface area contributed by atoms with Crippen molar-refractivity contribution >= 4 is 65.2 Å². The van der Waals surface area contributed by atoms with Crippen molar-refractivity contribution < 1.29 is 4.42 Å². The molecule has 2 heterocycles. The van der Waals surface area contributed by atoms with Gasteiger partial charge in [0.05, 0.1) is 5.52 Å². The molecule has 3 nitrogen and oxygen atoms in total. The molecule has 0 spiro atoms. The summed E-state index contributed by atoms with van der Waals surface area (Å²) in [6.07, 6.45) is 0. The van der Waals surface area contributed by atoms with E-state index in [1.807, 2.05) is 59.2 Å². The van der Waals surface area contributed by atoms with Gasteiger partial charge in [0.15, 0.2) is 0 Å². The standard InChI is InChI=1S/C51H31NO2/c53-51-44-18-6-1-11-37(44)38-12-7-9-19-46(38)52(51)36-28-25-34(26-29-36)50-42-16-4-2-14-40(42)49(41-15-3-5-17-43(41)50)33-23-21-32(22-24-33)35-27-30-48-45(31-35)39-13-8-10-20-47(39)54-48/h1-31H. The molecule has 0 amide bonds. The van der Waals surface area contributed by atoms with Crippen molar-refractivity contribution in [2.24, 2.45) is 0 Å². The van der Waals surface area contributed by atoms with Gasteiger partial charge in [-0.25, -0.2) is 0 Å². The van der Waals surface area contributed by atoms with E-state index in [0.29, 0.717) is 5.39 Å². The van der Waals surface area contributed by atoms with Crippen LogP contribution in [0.2, 0.25) is 0 Å². The maximum absolute atomic E-state index is 14.0. The van der Waals surface area contributed by atoms with Gasteiger partial charge in [0.2, 0.25) is 0 Å². The molecule has 0 N–H and O–H groups in total. The minimum Gasteiger partial charge on any atom is -0.456 e. The molecule has 9 aromatic carbocycles. The Bertz CT molecular complexity index is 3270. The van der Waals surface area contributed by atoms with Gasteiger partial charge in [-0.1, -0.05) is 146 Å². The van der Waals surface area contributed by atoms with Crippen LogP contribution in [0.1, 0.15) is 0 Å². The Morgan fingerprint density at radius 2 is 0.778 bits per heavy atom. The molecule has 2 aromatic heterocycles. The number of aromatic nitrogens is 1. The lowest BCUT2D eigenvalue weighted by atomic mass is 9.85. The molecule has 252 valence electrons. The predicted octanol–water partition coefficient (Wildman–Crippen LogP) is 13.4. The summed E-state index contributed by atoms with van der Waals surface area (Å²) in [6, 6.07) is 65.6. The number of pyridine rings is 1. The summed E-state index contributed by atoms with van der Waals surface area (Å²) in [4.78, 5) is 14.0. The fourth-order valence-corrected chi connectivity index (χ4v) is 8.55. The second-order valence-electron chi connectivity index (χ2n) is 14.0. The smallest absolute Gasteiger partial charge is 0.263 e. The zero-order valence-corrected chi connectivity index (χ0v) is 29.2. The monoisotopic (exact) mass is 689 g/mol. The molecule has 0 aliphatic rings. The molecule has 0 atom stereocenters. The van der Waals surface area contributed by atoms with Crippen LogP contribution < -0.4 is 5.56 Å². The fourth-order valence-electron chi connectivity index (χ4n) is 8.55. The van der Waals surface area contributed by atoms with Crippen LogP contribution in [-0.2, 0) is 0 Å².